The van der Waals surface area contributed by atoms with Crippen molar-refractivity contribution in [1.82, 2.24) is 19.4 Å². The number of halogens is 1. The number of amides is 1. The predicted molar refractivity (Wildman–Crippen MR) is 121 cm³/mol. The standard InChI is InChI=1S/C25H23FN4O2/c1-16-15-30(25-27-13-18(14-28-25)20-6-4-5-7-21(20)26)22-12-17(8-9-19(16)22)23(31)10-11-24(32)29(2)3/h4-9,12-15H,10-11H2,1-3H3. The lowest BCUT2D eigenvalue weighted by Gasteiger charge is -2.10. The average molecular weight is 430 g/mol. The molecule has 1 amide bonds. The van der Waals surface area contributed by atoms with Gasteiger partial charge in [-0.2, -0.15) is 0 Å². The van der Waals surface area contributed by atoms with E-state index in [0.717, 1.165) is 16.5 Å². The highest BCUT2D eigenvalue weighted by molar-refractivity contribution is 6.01. The smallest absolute Gasteiger partial charge is 0.234 e. The van der Waals surface area contributed by atoms with Gasteiger partial charge in [0.2, 0.25) is 11.9 Å². The molecule has 0 N–H and O–H groups in total. The second-order valence-electron chi connectivity index (χ2n) is 7.88. The SMILES string of the molecule is Cc1cn(-c2ncc(-c3ccccc3F)cn2)c2cc(C(=O)CCC(=O)N(C)C)ccc12. The van der Waals surface area contributed by atoms with Gasteiger partial charge >= 0.3 is 0 Å². The summed E-state index contributed by atoms with van der Waals surface area (Å²) in [7, 11) is 3.35. The predicted octanol–water partition coefficient (Wildman–Crippen LogP) is 4.59. The molecule has 0 saturated carbocycles. The molecule has 2 heterocycles. The van der Waals surface area contributed by atoms with Crippen molar-refractivity contribution in [3.63, 3.8) is 0 Å². The van der Waals surface area contributed by atoms with Crippen molar-refractivity contribution in [3.8, 4) is 17.1 Å². The Labute approximate surface area is 185 Å². The van der Waals surface area contributed by atoms with E-state index in [-0.39, 0.29) is 30.3 Å². The van der Waals surface area contributed by atoms with Crippen molar-refractivity contribution < 1.29 is 14.0 Å². The highest BCUT2D eigenvalue weighted by Crippen LogP contribution is 2.26. The number of aromatic nitrogens is 3. The van der Waals surface area contributed by atoms with Gasteiger partial charge in [0.1, 0.15) is 5.82 Å². The third kappa shape index (κ3) is 4.14. The van der Waals surface area contributed by atoms with Gasteiger partial charge in [0, 0.05) is 67.6 Å². The third-order valence-corrected chi connectivity index (χ3v) is 5.43. The number of aryl methyl sites for hydroxylation is 1. The lowest BCUT2D eigenvalue weighted by Crippen LogP contribution is -2.22. The van der Waals surface area contributed by atoms with E-state index in [9.17, 15) is 14.0 Å². The molecule has 162 valence electrons. The van der Waals surface area contributed by atoms with Crippen LogP contribution >= 0.6 is 0 Å². The molecule has 0 aliphatic heterocycles. The fraction of sp³-hybridized carbons (Fsp3) is 0.200. The quantitative estimate of drug-likeness (QED) is 0.420. The number of nitrogens with zero attached hydrogens (tertiary/aromatic N) is 4. The first kappa shape index (κ1) is 21.4. The van der Waals surface area contributed by atoms with E-state index in [1.807, 2.05) is 23.8 Å². The molecule has 2 aromatic carbocycles. The molecule has 0 aliphatic rings. The Hall–Kier alpha value is -3.87. The summed E-state index contributed by atoms with van der Waals surface area (Å²) in [6.45, 7) is 1.98. The number of Topliss-reactive ketones (excluding diaryl/α,β-unsaturated/α-hetero) is 1. The summed E-state index contributed by atoms with van der Waals surface area (Å²) in [5.41, 5.74) is 3.37. The van der Waals surface area contributed by atoms with Crippen LogP contribution in [0.2, 0.25) is 0 Å². The van der Waals surface area contributed by atoms with E-state index >= 15 is 0 Å². The summed E-state index contributed by atoms with van der Waals surface area (Å²) in [4.78, 5) is 34.8. The Morgan fingerprint density at radius 1 is 1.03 bits per heavy atom. The van der Waals surface area contributed by atoms with E-state index in [4.69, 9.17) is 0 Å². The lowest BCUT2D eigenvalue weighted by molar-refractivity contribution is -0.128. The number of fused-ring (bicyclic) bond motifs is 1. The lowest BCUT2D eigenvalue weighted by atomic mass is 10.0. The first-order valence-corrected chi connectivity index (χ1v) is 10.3. The minimum Gasteiger partial charge on any atom is -0.349 e. The molecule has 2 aromatic heterocycles. The van der Waals surface area contributed by atoms with E-state index in [1.54, 1.807) is 56.8 Å². The second kappa shape index (κ2) is 8.70. The average Bonchev–Trinajstić information content (AvgIpc) is 3.13. The van der Waals surface area contributed by atoms with Gasteiger partial charge in [-0.15, -0.1) is 0 Å². The molecular weight excluding hydrogens is 407 g/mol. The van der Waals surface area contributed by atoms with Gasteiger partial charge < -0.3 is 4.90 Å². The molecule has 7 heteroatoms. The number of hydrogen-bond donors (Lipinski definition) is 0. The van der Waals surface area contributed by atoms with Crippen molar-refractivity contribution in [2.75, 3.05) is 14.1 Å². The number of rotatable bonds is 6. The summed E-state index contributed by atoms with van der Waals surface area (Å²) in [6.07, 6.45) is 5.40. The molecule has 32 heavy (non-hydrogen) atoms. The topological polar surface area (TPSA) is 68.1 Å². The molecule has 0 spiro atoms. The molecule has 0 aliphatic carbocycles. The highest BCUT2D eigenvalue weighted by Gasteiger charge is 2.15. The molecule has 4 aromatic rings. The van der Waals surface area contributed by atoms with Crippen LogP contribution in [0.15, 0.2) is 61.1 Å². The number of hydrogen-bond acceptors (Lipinski definition) is 4. The van der Waals surface area contributed by atoms with Crippen molar-refractivity contribution in [3.05, 3.63) is 78.0 Å². The Balaban J connectivity index is 1.66. The minimum atomic E-state index is -0.331. The summed E-state index contributed by atoms with van der Waals surface area (Å²) >= 11 is 0. The van der Waals surface area contributed by atoms with Crippen molar-refractivity contribution in [1.29, 1.82) is 0 Å². The van der Waals surface area contributed by atoms with Gasteiger partial charge in [0.15, 0.2) is 5.78 Å². The monoisotopic (exact) mass is 430 g/mol. The van der Waals surface area contributed by atoms with Crippen LogP contribution in [0.25, 0.3) is 28.0 Å². The number of ketones is 1. The Morgan fingerprint density at radius 2 is 1.75 bits per heavy atom. The summed E-state index contributed by atoms with van der Waals surface area (Å²) in [5.74, 6) is -0.0807. The van der Waals surface area contributed by atoms with E-state index in [0.29, 0.717) is 22.6 Å². The van der Waals surface area contributed by atoms with Gasteiger partial charge in [0.25, 0.3) is 0 Å². The van der Waals surface area contributed by atoms with Crippen molar-refractivity contribution >= 4 is 22.6 Å². The molecule has 0 saturated heterocycles. The number of carbonyl (C=O) groups is 2. The van der Waals surface area contributed by atoms with E-state index in [2.05, 4.69) is 9.97 Å². The molecule has 0 unspecified atom stereocenters. The normalized spacial score (nSPS) is 11.0. The maximum atomic E-state index is 14.1. The fourth-order valence-corrected chi connectivity index (χ4v) is 3.60. The van der Waals surface area contributed by atoms with Crippen molar-refractivity contribution in [2.45, 2.75) is 19.8 Å². The zero-order chi connectivity index (χ0) is 22.8. The molecular formula is C25H23FN4O2. The summed E-state index contributed by atoms with van der Waals surface area (Å²) < 4.78 is 15.9. The van der Waals surface area contributed by atoms with Crippen LogP contribution in [-0.4, -0.2) is 45.2 Å². The maximum Gasteiger partial charge on any atom is 0.234 e. The maximum absolute atomic E-state index is 14.1. The number of carbonyl (C=O) groups excluding carboxylic acids is 2. The van der Waals surface area contributed by atoms with Gasteiger partial charge in [-0.25, -0.2) is 14.4 Å². The highest BCUT2D eigenvalue weighted by atomic mass is 19.1. The fourth-order valence-electron chi connectivity index (χ4n) is 3.60. The molecule has 0 fully saturated rings. The largest absolute Gasteiger partial charge is 0.349 e. The van der Waals surface area contributed by atoms with Crippen LogP contribution in [0.3, 0.4) is 0 Å². The molecule has 0 bridgehead atoms. The Bertz CT molecular complexity index is 1310. The first-order chi connectivity index (χ1) is 15.3. The molecule has 6 nitrogen and oxygen atoms in total. The summed E-state index contributed by atoms with van der Waals surface area (Å²) in [5, 5.41) is 0.979. The van der Waals surface area contributed by atoms with Crippen molar-refractivity contribution in [2.24, 2.45) is 0 Å². The Kier molecular flexibility index (Phi) is 5.81. The molecule has 0 atom stereocenters. The van der Waals surface area contributed by atoms with Crippen LogP contribution in [-0.2, 0) is 4.79 Å². The third-order valence-electron chi connectivity index (χ3n) is 5.43. The number of benzene rings is 2. The van der Waals surface area contributed by atoms with Crippen LogP contribution in [0, 0.1) is 12.7 Å². The minimum absolute atomic E-state index is 0.0815. The van der Waals surface area contributed by atoms with Crippen LogP contribution in [0.4, 0.5) is 4.39 Å². The van der Waals surface area contributed by atoms with Gasteiger partial charge in [-0.05, 0) is 24.6 Å². The van der Waals surface area contributed by atoms with Gasteiger partial charge in [-0.3, -0.25) is 14.2 Å². The van der Waals surface area contributed by atoms with E-state index in [1.165, 1.54) is 11.0 Å². The van der Waals surface area contributed by atoms with Gasteiger partial charge in [0.05, 0.1) is 5.52 Å². The van der Waals surface area contributed by atoms with Crippen LogP contribution in [0.5, 0.6) is 0 Å². The van der Waals surface area contributed by atoms with Crippen LogP contribution in [0.1, 0.15) is 28.8 Å². The molecule has 0 radical (unpaired) electrons. The second-order valence-corrected chi connectivity index (χ2v) is 7.88. The Morgan fingerprint density at radius 3 is 2.44 bits per heavy atom. The zero-order valence-electron chi connectivity index (χ0n) is 18.2. The van der Waals surface area contributed by atoms with Crippen LogP contribution < -0.4 is 0 Å². The summed E-state index contributed by atoms with van der Waals surface area (Å²) in [6, 6.07) is 12.0. The molecule has 4 rings (SSSR count). The first-order valence-electron chi connectivity index (χ1n) is 10.3. The zero-order valence-corrected chi connectivity index (χ0v) is 18.2. The van der Waals surface area contributed by atoms with E-state index < -0.39 is 0 Å². The van der Waals surface area contributed by atoms with Gasteiger partial charge in [-0.1, -0.05) is 30.3 Å².